The molecule has 34 heavy (non-hydrogen) atoms. The predicted molar refractivity (Wildman–Crippen MR) is 132 cm³/mol. The molecule has 4 rings (SSSR count). The zero-order chi connectivity index (χ0) is 24.2. The molecule has 2 saturated heterocycles. The zero-order valence-electron chi connectivity index (χ0n) is 18.4. The summed E-state index contributed by atoms with van der Waals surface area (Å²) in [7, 11) is 1.22. The summed E-state index contributed by atoms with van der Waals surface area (Å²) in [5.41, 5.74) is 2.31. The molecule has 176 valence electrons. The average Bonchev–Trinajstić information content (AvgIpc) is 3.45. The summed E-state index contributed by atoms with van der Waals surface area (Å²) >= 11 is 6.78. The van der Waals surface area contributed by atoms with Crippen LogP contribution in [-0.2, 0) is 14.3 Å². The third-order valence-electron chi connectivity index (χ3n) is 5.49. The maximum Gasteiger partial charge on any atom is 0.339 e. The molecule has 3 amide bonds. The van der Waals surface area contributed by atoms with Gasteiger partial charge in [-0.25, -0.2) is 4.79 Å². The van der Waals surface area contributed by atoms with E-state index >= 15 is 0 Å². The molecule has 10 heteroatoms. The fraction of sp³-hybridized carbons (Fsp3) is 0.250. The SMILES string of the molecule is COC(=O)c1cc(NC(=O)CN2C(=O)S/C(=C/c3ccc(N4CCCC4)cc3)C2=O)ccc1Cl. The number of carbonyl (C=O) groups excluding carboxylic acids is 4. The number of methoxy groups -OCH3 is 1. The highest BCUT2D eigenvalue weighted by Gasteiger charge is 2.36. The van der Waals surface area contributed by atoms with Gasteiger partial charge in [-0.1, -0.05) is 23.7 Å². The van der Waals surface area contributed by atoms with E-state index in [4.69, 9.17) is 11.6 Å². The Kier molecular flexibility index (Phi) is 7.23. The number of benzene rings is 2. The molecule has 0 spiro atoms. The Morgan fingerprint density at radius 3 is 2.50 bits per heavy atom. The Hall–Kier alpha value is -3.30. The van der Waals surface area contributed by atoms with Crippen LogP contribution in [0.25, 0.3) is 6.08 Å². The molecule has 0 atom stereocenters. The van der Waals surface area contributed by atoms with Crippen LogP contribution in [0.4, 0.5) is 16.2 Å². The lowest BCUT2D eigenvalue weighted by molar-refractivity contribution is -0.127. The first-order valence-electron chi connectivity index (χ1n) is 10.6. The predicted octanol–water partition coefficient (Wildman–Crippen LogP) is 4.40. The molecule has 2 aliphatic rings. The van der Waals surface area contributed by atoms with Crippen LogP contribution in [0, 0.1) is 0 Å². The van der Waals surface area contributed by atoms with Crippen LogP contribution >= 0.6 is 23.4 Å². The van der Waals surface area contributed by atoms with E-state index in [9.17, 15) is 19.2 Å². The van der Waals surface area contributed by atoms with Crippen LogP contribution in [0.3, 0.4) is 0 Å². The monoisotopic (exact) mass is 499 g/mol. The van der Waals surface area contributed by atoms with Crippen LogP contribution in [0.2, 0.25) is 5.02 Å². The number of ether oxygens (including phenoxy) is 1. The Morgan fingerprint density at radius 2 is 1.82 bits per heavy atom. The second kappa shape index (κ2) is 10.3. The summed E-state index contributed by atoms with van der Waals surface area (Å²) in [6.07, 6.45) is 4.03. The summed E-state index contributed by atoms with van der Waals surface area (Å²) < 4.78 is 4.66. The third kappa shape index (κ3) is 5.26. The van der Waals surface area contributed by atoms with Crippen molar-refractivity contribution in [1.82, 2.24) is 4.90 Å². The van der Waals surface area contributed by atoms with Gasteiger partial charge in [0.2, 0.25) is 5.91 Å². The number of carbonyl (C=O) groups is 4. The van der Waals surface area contributed by atoms with Gasteiger partial charge in [-0.05, 0) is 66.6 Å². The van der Waals surface area contributed by atoms with Gasteiger partial charge in [0.15, 0.2) is 0 Å². The number of nitrogens with zero attached hydrogens (tertiary/aromatic N) is 2. The molecule has 0 bridgehead atoms. The number of hydrogen-bond donors (Lipinski definition) is 1. The topological polar surface area (TPSA) is 96.0 Å². The van der Waals surface area contributed by atoms with Crippen LogP contribution in [0.15, 0.2) is 47.4 Å². The van der Waals surface area contributed by atoms with Crippen LogP contribution in [0.1, 0.15) is 28.8 Å². The van der Waals surface area contributed by atoms with Crippen molar-refractivity contribution >= 4 is 63.8 Å². The molecular weight excluding hydrogens is 478 g/mol. The Labute approximate surface area is 205 Å². The molecule has 0 aliphatic carbocycles. The van der Waals surface area contributed by atoms with E-state index < -0.39 is 29.6 Å². The maximum atomic E-state index is 12.8. The fourth-order valence-electron chi connectivity index (χ4n) is 3.76. The van der Waals surface area contributed by atoms with Crippen molar-refractivity contribution in [1.29, 1.82) is 0 Å². The molecule has 2 aromatic carbocycles. The molecular formula is C24H22ClN3O5S. The first-order chi connectivity index (χ1) is 16.4. The molecule has 0 aromatic heterocycles. The number of halogens is 1. The number of amides is 3. The van der Waals surface area contributed by atoms with Crippen molar-refractivity contribution in [3.8, 4) is 0 Å². The number of imide groups is 1. The van der Waals surface area contributed by atoms with Gasteiger partial charge in [-0.3, -0.25) is 19.3 Å². The molecule has 0 saturated carbocycles. The van der Waals surface area contributed by atoms with E-state index in [1.165, 1.54) is 38.2 Å². The summed E-state index contributed by atoms with van der Waals surface area (Å²) in [6, 6.07) is 12.1. The molecule has 1 N–H and O–H groups in total. The van der Waals surface area contributed by atoms with Crippen molar-refractivity contribution in [2.45, 2.75) is 12.8 Å². The zero-order valence-corrected chi connectivity index (χ0v) is 19.9. The summed E-state index contributed by atoms with van der Waals surface area (Å²) in [5.74, 6) is -1.76. The number of nitrogens with one attached hydrogen (secondary N) is 1. The van der Waals surface area contributed by atoms with Gasteiger partial charge in [-0.2, -0.15) is 0 Å². The van der Waals surface area contributed by atoms with Gasteiger partial charge in [0.05, 0.1) is 22.6 Å². The smallest absolute Gasteiger partial charge is 0.339 e. The van der Waals surface area contributed by atoms with Crippen LogP contribution in [0.5, 0.6) is 0 Å². The largest absolute Gasteiger partial charge is 0.465 e. The van der Waals surface area contributed by atoms with Crippen molar-refractivity contribution in [2.24, 2.45) is 0 Å². The lowest BCUT2D eigenvalue weighted by Gasteiger charge is -2.17. The third-order valence-corrected chi connectivity index (χ3v) is 6.73. The minimum absolute atomic E-state index is 0.0896. The lowest BCUT2D eigenvalue weighted by Crippen LogP contribution is -2.36. The van der Waals surface area contributed by atoms with Gasteiger partial charge in [0.25, 0.3) is 11.1 Å². The molecule has 2 heterocycles. The summed E-state index contributed by atoms with van der Waals surface area (Å²) in [4.78, 5) is 52.9. The first kappa shape index (κ1) is 23.8. The lowest BCUT2D eigenvalue weighted by atomic mass is 10.2. The Morgan fingerprint density at radius 1 is 1.12 bits per heavy atom. The summed E-state index contributed by atoms with van der Waals surface area (Å²) in [5, 5.41) is 2.22. The number of anilines is 2. The average molecular weight is 500 g/mol. The standard InChI is InChI=1S/C24H22ClN3O5S/c1-33-23(31)18-13-16(6-9-19(18)25)26-21(29)14-28-22(30)20(34-24(28)32)12-15-4-7-17(8-5-15)27-10-2-3-11-27/h4-9,12-13H,2-3,10-11,14H2,1H3,(H,26,29)/b20-12+. The molecule has 2 aromatic rings. The summed E-state index contributed by atoms with van der Waals surface area (Å²) in [6.45, 7) is 1.63. The normalized spacial score (nSPS) is 16.9. The van der Waals surface area contributed by atoms with Gasteiger partial charge in [0.1, 0.15) is 6.54 Å². The van der Waals surface area contributed by atoms with Gasteiger partial charge >= 0.3 is 5.97 Å². The minimum atomic E-state index is -0.648. The van der Waals surface area contributed by atoms with Crippen molar-refractivity contribution < 1.29 is 23.9 Å². The number of rotatable bonds is 6. The molecule has 0 unspecified atom stereocenters. The van der Waals surface area contributed by atoms with Crippen LogP contribution < -0.4 is 10.2 Å². The van der Waals surface area contributed by atoms with Crippen molar-refractivity contribution in [3.05, 3.63) is 63.5 Å². The molecule has 8 nitrogen and oxygen atoms in total. The van der Waals surface area contributed by atoms with Gasteiger partial charge < -0.3 is 15.0 Å². The maximum absolute atomic E-state index is 12.8. The highest BCUT2D eigenvalue weighted by atomic mass is 35.5. The van der Waals surface area contributed by atoms with E-state index in [0.29, 0.717) is 0 Å². The minimum Gasteiger partial charge on any atom is -0.465 e. The number of esters is 1. The van der Waals surface area contributed by atoms with E-state index in [-0.39, 0.29) is 21.2 Å². The molecule has 2 fully saturated rings. The van der Waals surface area contributed by atoms with Crippen LogP contribution in [-0.4, -0.2) is 54.7 Å². The van der Waals surface area contributed by atoms with E-state index in [0.717, 1.165) is 41.0 Å². The first-order valence-corrected chi connectivity index (χ1v) is 11.8. The van der Waals surface area contributed by atoms with E-state index in [2.05, 4.69) is 15.0 Å². The van der Waals surface area contributed by atoms with Gasteiger partial charge in [-0.15, -0.1) is 0 Å². The second-order valence-corrected chi connectivity index (χ2v) is 9.19. The molecule has 0 radical (unpaired) electrons. The number of hydrogen-bond acceptors (Lipinski definition) is 7. The van der Waals surface area contributed by atoms with Crippen molar-refractivity contribution in [3.63, 3.8) is 0 Å². The van der Waals surface area contributed by atoms with E-state index in [1.54, 1.807) is 6.08 Å². The second-order valence-electron chi connectivity index (χ2n) is 7.79. The quantitative estimate of drug-likeness (QED) is 0.464. The fourth-order valence-corrected chi connectivity index (χ4v) is 4.79. The van der Waals surface area contributed by atoms with E-state index in [1.807, 2.05) is 24.3 Å². The Balaban J connectivity index is 1.41. The van der Waals surface area contributed by atoms with Crippen molar-refractivity contribution in [2.75, 3.05) is 37.0 Å². The van der Waals surface area contributed by atoms with Gasteiger partial charge in [0, 0.05) is 24.5 Å². The Bertz CT molecular complexity index is 1180. The number of thioether (sulfide) groups is 1. The highest BCUT2D eigenvalue weighted by molar-refractivity contribution is 8.18. The highest BCUT2D eigenvalue weighted by Crippen LogP contribution is 2.32. The molecule has 2 aliphatic heterocycles.